The van der Waals surface area contributed by atoms with Gasteiger partial charge in [0.05, 0.1) is 7.11 Å². The molecule has 1 aromatic carbocycles. The zero-order valence-corrected chi connectivity index (χ0v) is 11.7. The predicted octanol–water partition coefficient (Wildman–Crippen LogP) is 2.85. The van der Waals surface area contributed by atoms with Gasteiger partial charge in [0.1, 0.15) is 6.10 Å². The standard InChI is InChI=1S/C15H23NO2/c1-15(2)10-9-13(14(15)16-3)18-12-8-6-5-7-11(12)17-4/h5-8,13-14,16H,9-10H2,1-4H3. The number of para-hydroxylation sites is 2. The molecule has 1 aliphatic rings. The van der Waals surface area contributed by atoms with Crippen LogP contribution < -0.4 is 14.8 Å². The van der Waals surface area contributed by atoms with Gasteiger partial charge in [-0.15, -0.1) is 0 Å². The van der Waals surface area contributed by atoms with Crippen molar-refractivity contribution in [1.29, 1.82) is 0 Å². The maximum atomic E-state index is 6.15. The first kappa shape index (κ1) is 13.2. The van der Waals surface area contributed by atoms with E-state index in [1.165, 1.54) is 6.42 Å². The Labute approximate surface area is 109 Å². The molecule has 3 heteroatoms. The van der Waals surface area contributed by atoms with Gasteiger partial charge in [-0.2, -0.15) is 0 Å². The van der Waals surface area contributed by atoms with Crippen molar-refractivity contribution in [2.75, 3.05) is 14.2 Å². The largest absolute Gasteiger partial charge is 0.493 e. The number of ether oxygens (including phenoxy) is 2. The van der Waals surface area contributed by atoms with Gasteiger partial charge in [-0.25, -0.2) is 0 Å². The molecule has 0 radical (unpaired) electrons. The first-order chi connectivity index (χ1) is 8.58. The monoisotopic (exact) mass is 249 g/mol. The molecule has 1 aliphatic carbocycles. The smallest absolute Gasteiger partial charge is 0.161 e. The highest BCUT2D eigenvalue weighted by Crippen LogP contribution is 2.40. The van der Waals surface area contributed by atoms with Crippen LogP contribution in [0.15, 0.2) is 24.3 Å². The molecule has 1 saturated carbocycles. The summed E-state index contributed by atoms with van der Waals surface area (Å²) >= 11 is 0. The molecule has 1 fully saturated rings. The molecule has 2 rings (SSSR count). The Morgan fingerprint density at radius 3 is 2.50 bits per heavy atom. The van der Waals surface area contributed by atoms with Gasteiger partial charge in [-0.05, 0) is 37.4 Å². The zero-order chi connectivity index (χ0) is 13.2. The lowest BCUT2D eigenvalue weighted by molar-refractivity contribution is 0.141. The molecule has 1 aromatic rings. The Kier molecular flexibility index (Phi) is 3.81. The molecule has 0 aliphatic heterocycles. The maximum absolute atomic E-state index is 6.15. The summed E-state index contributed by atoms with van der Waals surface area (Å²) in [6.07, 6.45) is 2.47. The number of likely N-dealkylation sites (N-methyl/N-ethyl adjacent to an activating group) is 1. The van der Waals surface area contributed by atoms with Crippen LogP contribution in [0.4, 0.5) is 0 Å². The van der Waals surface area contributed by atoms with Crippen LogP contribution in [0.5, 0.6) is 11.5 Å². The third kappa shape index (κ3) is 2.46. The van der Waals surface area contributed by atoms with Gasteiger partial charge in [-0.3, -0.25) is 0 Å². The summed E-state index contributed by atoms with van der Waals surface area (Å²) in [6, 6.07) is 8.22. The van der Waals surface area contributed by atoms with E-state index in [4.69, 9.17) is 9.47 Å². The molecule has 1 N–H and O–H groups in total. The van der Waals surface area contributed by atoms with Crippen molar-refractivity contribution < 1.29 is 9.47 Å². The van der Waals surface area contributed by atoms with Crippen molar-refractivity contribution in [3.05, 3.63) is 24.3 Å². The highest BCUT2D eigenvalue weighted by molar-refractivity contribution is 5.39. The minimum atomic E-state index is 0.210. The quantitative estimate of drug-likeness (QED) is 0.890. The predicted molar refractivity (Wildman–Crippen MR) is 73.3 cm³/mol. The number of hydrogen-bond acceptors (Lipinski definition) is 3. The average molecular weight is 249 g/mol. The molecule has 0 heterocycles. The summed E-state index contributed by atoms with van der Waals surface area (Å²) in [5.41, 5.74) is 0.279. The molecule has 0 saturated heterocycles. The third-order valence-corrected chi connectivity index (χ3v) is 3.95. The van der Waals surface area contributed by atoms with E-state index in [-0.39, 0.29) is 11.5 Å². The topological polar surface area (TPSA) is 30.5 Å². The van der Waals surface area contributed by atoms with E-state index in [9.17, 15) is 0 Å². The van der Waals surface area contributed by atoms with Gasteiger partial charge in [0, 0.05) is 6.04 Å². The van der Waals surface area contributed by atoms with E-state index < -0.39 is 0 Å². The Bertz CT molecular complexity index is 403. The van der Waals surface area contributed by atoms with Gasteiger partial charge < -0.3 is 14.8 Å². The Morgan fingerprint density at radius 2 is 1.89 bits per heavy atom. The van der Waals surface area contributed by atoms with Crippen molar-refractivity contribution in [3.8, 4) is 11.5 Å². The van der Waals surface area contributed by atoms with E-state index in [2.05, 4.69) is 19.2 Å². The van der Waals surface area contributed by atoms with Crippen molar-refractivity contribution >= 4 is 0 Å². The van der Waals surface area contributed by atoms with Crippen LogP contribution in [0, 0.1) is 5.41 Å². The van der Waals surface area contributed by atoms with Crippen LogP contribution in [0.3, 0.4) is 0 Å². The minimum absolute atomic E-state index is 0.210. The summed E-state index contributed by atoms with van der Waals surface area (Å²) in [4.78, 5) is 0. The fraction of sp³-hybridized carbons (Fsp3) is 0.600. The first-order valence-electron chi connectivity index (χ1n) is 6.55. The number of methoxy groups -OCH3 is 1. The fourth-order valence-electron chi connectivity index (χ4n) is 2.92. The van der Waals surface area contributed by atoms with E-state index in [1.54, 1.807) is 7.11 Å². The Morgan fingerprint density at radius 1 is 1.22 bits per heavy atom. The fourth-order valence-corrected chi connectivity index (χ4v) is 2.92. The lowest BCUT2D eigenvalue weighted by Crippen LogP contribution is -2.44. The van der Waals surface area contributed by atoms with E-state index in [0.717, 1.165) is 17.9 Å². The van der Waals surface area contributed by atoms with E-state index in [0.29, 0.717) is 6.04 Å². The van der Waals surface area contributed by atoms with Crippen molar-refractivity contribution in [1.82, 2.24) is 5.32 Å². The lowest BCUT2D eigenvalue weighted by Gasteiger charge is -2.30. The zero-order valence-electron chi connectivity index (χ0n) is 11.7. The number of benzene rings is 1. The summed E-state index contributed by atoms with van der Waals surface area (Å²) in [5.74, 6) is 1.64. The molecular formula is C15H23NO2. The first-order valence-corrected chi connectivity index (χ1v) is 6.55. The molecular weight excluding hydrogens is 226 g/mol. The SMILES string of the molecule is CNC1C(Oc2ccccc2OC)CCC1(C)C. The summed E-state index contributed by atoms with van der Waals surface area (Å²) in [6.45, 7) is 4.58. The summed E-state index contributed by atoms with van der Waals surface area (Å²) in [5, 5.41) is 3.40. The Balaban J connectivity index is 2.14. The van der Waals surface area contributed by atoms with Crippen LogP contribution >= 0.6 is 0 Å². The van der Waals surface area contributed by atoms with E-state index in [1.807, 2.05) is 31.3 Å². The van der Waals surface area contributed by atoms with Gasteiger partial charge in [0.2, 0.25) is 0 Å². The van der Waals surface area contributed by atoms with Gasteiger partial charge in [-0.1, -0.05) is 26.0 Å². The summed E-state index contributed by atoms with van der Waals surface area (Å²) in [7, 11) is 3.69. The number of nitrogens with one attached hydrogen (secondary N) is 1. The number of rotatable bonds is 4. The minimum Gasteiger partial charge on any atom is -0.493 e. The molecule has 2 unspecified atom stereocenters. The normalized spacial score (nSPS) is 26.0. The molecule has 18 heavy (non-hydrogen) atoms. The second-order valence-corrected chi connectivity index (χ2v) is 5.60. The van der Waals surface area contributed by atoms with Crippen LogP contribution in [-0.2, 0) is 0 Å². The average Bonchev–Trinajstić information content (AvgIpc) is 2.64. The molecule has 2 atom stereocenters. The van der Waals surface area contributed by atoms with Crippen LogP contribution in [0.1, 0.15) is 26.7 Å². The Hall–Kier alpha value is -1.22. The second kappa shape index (κ2) is 5.19. The van der Waals surface area contributed by atoms with Crippen molar-refractivity contribution in [2.24, 2.45) is 5.41 Å². The highest BCUT2D eigenvalue weighted by Gasteiger charge is 2.42. The van der Waals surface area contributed by atoms with Gasteiger partial charge in [0.25, 0.3) is 0 Å². The molecule has 100 valence electrons. The molecule has 0 spiro atoms. The molecule has 0 amide bonds. The molecule has 3 nitrogen and oxygen atoms in total. The lowest BCUT2D eigenvalue weighted by atomic mass is 9.87. The highest BCUT2D eigenvalue weighted by atomic mass is 16.5. The van der Waals surface area contributed by atoms with Gasteiger partial charge in [0.15, 0.2) is 11.5 Å². The van der Waals surface area contributed by atoms with E-state index >= 15 is 0 Å². The van der Waals surface area contributed by atoms with Gasteiger partial charge >= 0.3 is 0 Å². The van der Waals surface area contributed by atoms with Crippen molar-refractivity contribution in [3.63, 3.8) is 0 Å². The van der Waals surface area contributed by atoms with Crippen LogP contribution in [-0.4, -0.2) is 26.3 Å². The van der Waals surface area contributed by atoms with Crippen molar-refractivity contribution in [2.45, 2.75) is 38.8 Å². The molecule has 0 aromatic heterocycles. The van der Waals surface area contributed by atoms with Crippen LogP contribution in [0.25, 0.3) is 0 Å². The third-order valence-electron chi connectivity index (χ3n) is 3.95. The summed E-state index contributed by atoms with van der Waals surface area (Å²) < 4.78 is 11.5. The number of hydrogen-bond donors (Lipinski definition) is 1. The second-order valence-electron chi connectivity index (χ2n) is 5.60. The van der Waals surface area contributed by atoms with Crippen LogP contribution in [0.2, 0.25) is 0 Å². The molecule has 0 bridgehead atoms. The maximum Gasteiger partial charge on any atom is 0.161 e.